The molecule has 1 aliphatic carbocycles. The molecular formula is C24H37BrClN3O2S. The van der Waals surface area contributed by atoms with Gasteiger partial charge in [-0.25, -0.2) is 0 Å². The molecule has 4 rings (SSSR count). The fourth-order valence-electron chi connectivity index (χ4n) is 5.57. The van der Waals surface area contributed by atoms with Crippen LogP contribution in [-0.4, -0.2) is 56.4 Å². The lowest BCUT2D eigenvalue weighted by Crippen LogP contribution is -2.45. The van der Waals surface area contributed by atoms with Crippen molar-refractivity contribution in [3.8, 4) is 0 Å². The monoisotopic (exact) mass is 545 g/mol. The molecule has 1 N–H and O–H groups in total. The molecular weight excluding hydrogens is 510 g/mol. The first kappa shape index (κ1) is 24.9. The van der Waals surface area contributed by atoms with Crippen molar-refractivity contribution in [1.82, 2.24) is 13.9 Å². The number of piperidine rings is 1. The van der Waals surface area contributed by atoms with Crippen LogP contribution in [0.5, 0.6) is 0 Å². The Bertz CT molecular complexity index is 847. The summed E-state index contributed by atoms with van der Waals surface area (Å²) in [6.07, 6.45) is 11.1. The van der Waals surface area contributed by atoms with Gasteiger partial charge in [-0.3, -0.25) is 0 Å². The molecule has 0 unspecified atom stereocenters. The molecule has 2 saturated heterocycles. The van der Waals surface area contributed by atoms with Gasteiger partial charge < -0.3 is 4.90 Å². The Morgan fingerprint density at radius 1 is 0.969 bits per heavy atom. The first-order valence-electron chi connectivity index (χ1n) is 12.3. The topological polar surface area (TPSA) is 52.7 Å². The van der Waals surface area contributed by atoms with Crippen LogP contribution in [0, 0.1) is 11.8 Å². The van der Waals surface area contributed by atoms with Crippen molar-refractivity contribution in [3.05, 3.63) is 33.3 Å². The molecule has 32 heavy (non-hydrogen) atoms. The SMILES string of the molecule is O=S(=O)(NC1CCC(CCN2CCC(Cc3cc(Cl)ccc3Br)CC2)CC1)N1CCCC1. The van der Waals surface area contributed by atoms with Crippen LogP contribution in [-0.2, 0) is 16.6 Å². The van der Waals surface area contributed by atoms with Gasteiger partial charge in [0.05, 0.1) is 0 Å². The van der Waals surface area contributed by atoms with Gasteiger partial charge >= 0.3 is 0 Å². The fourth-order valence-corrected chi connectivity index (χ4v) is 7.72. The van der Waals surface area contributed by atoms with Gasteiger partial charge in [0, 0.05) is 28.6 Å². The minimum Gasteiger partial charge on any atom is -0.303 e. The predicted octanol–water partition coefficient (Wildman–Crippen LogP) is 5.24. The summed E-state index contributed by atoms with van der Waals surface area (Å²) < 4.78 is 30.7. The number of halogens is 2. The van der Waals surface area contributed by atoms with Gasteiger partial charge in [-0.2, -0.15) is 17.4 Å². The highest BCUT2D eigenvalue weighted by atomic mass is 79.9. The maximum Gasteiger partial charge on any atom is 0.279 e. The van der Waals surface area contributed by atoms with Gasteiger partial charge in [0.2, 0.25) is 0 Å². The lowest BCUT2D eigenvalue weighted by molar-refractivity contribution is 0.164. The molecule has 0 atom stereocenters. The maximum absolute atomic E-state index is 12.5. The van der Waals surface area contributed by atoms with Crippen molar-refractivity contribution in [2.24, 2.45) is 11.8 Å². The highest BCUT2D eigenvalue weighted by molar-refractivity contribution is 9.10. The van der Waals surface area contributed by atoms with Crippen LogP contribution in [0.3, 0.4) is 0 Å². The van der Waals surface area contributed by atoms with Crippen molar-refractivity contribution < 1.29 is 8.42 Å². The molecule has 2 heterocycles. The lowest BCUT2D eigenvalue weighted by Gasteiger charge is -2.34. The minimum absolute atomic E-state index is 0.124. The molecule has 3 fully saturated rings. The van der Waals surface area contributed by atoms with E-state index in [1.807, 2.05) is 6.07 Å². The van der Waals surface area contributed by atoms with E-state index in [1.165, 1.54) is 48.9 Å². The van der Waals surface area contributed by atoms with Crippen LogP contribution in [0.2, 0.25) is 5.02 Å². The van der Waals surface area contributed by atoms with E-state index >= 15 is 0 Å². The third kappa shape index (κ3) is 6.92. The zero-order chi connectivity index (χ0) is 22.6. The average molecular weight is 547 g/mol. The second kappa shape index (κ2) is 11.5. The zero-order valence-corrected chi connectivity index (χ0v) is 22.1. The minimum atomic E-state index is -3.27. The molecule has 0 bridgehead atoms. The molecule has 2 aliphatic heterocycles. The fraction of sp³-hybridized carbons (Fsp3) is 0.750. The second-order valence-electron chi connectivity index (χ2n) is 9.96. The molecule has 3 aliphatic rings. The lowest BCUT2D eigenvalue weighted by atomic mass is 9.84. The molecule has 1 saturated carbocycles. The standard InChI is InChI=1S/C24H37BrClN3O2S/c25-24-8-5-22(26)18-21(24)17-20-10-15-28(16-11-20)14-9-19-3-6-23(7-4-19)27-32(30,31)29-12-1-2-13-29/h5,8,18-20,23,27H,1-4,6-7,9-17H2. The number of benzene rings is 1. The van der Waals surface area contributed by atoms with E-state index in [0.717, 1.165) is 61.8 Å². The summed E-state index contributed by atoms with van der Waals surface area (Å²) in [7, 11) is -3.27. The summed E-state index contributed by atoms with van der Waals surface area (Å²) in [5.74, 6) is 1.47. The van der Waals surface area contributed by atoms with Gasteiger partial charge in [-0.1, -0.05) is 27.5 Å². The summed E-state index contributed by atoms with van der Waals surface area (Å²) in [6, 6.07) is 6.21. The van der Waals surface area contributed by atoms with Crippen LogP contribution in [0.15, 0.2) is 22.7 Å². The summed E-state index contributed by atoms with van der Waals surface area (Å²) in [5.41, 5.74) is 1.33. The number of nitrogens with one attached hydrogen (secondary N) is 1. The number of hydrogen-bond acceptors (Lipinski definition) is 3. The van der Waals surface area contributed by atoms with Crippen LogP contribution in [0.1, 0.15) is 63.4 Å². The number of rotatable bonds is 8. The summed E-state index contributed by atoms with van der Waals surface area (Å²) in [6.45, 7) is 4.92. The number of nitrogens with zero attached hydrogens (tertiary/aromatic N) is 2. The van der Waals surface area contributed by atoms with Crippen molar-refractivity contribution in [2.45, 2.75) is 70.3 Å². The van der Waals surface area contributed by atoms with Crippen molar-refractivity contribution in [2.75, 3.05) is 32.7 Å². The van der Waals surface area contributed by atoms with E-state index in [1.54, 1.807) is 4.31 Å². The number of hydrogen-bond donors (Lipinski definition) is 1. The Labute approximate surface area is 207 Å². The summed E-state index contributed by atoms with van der Waals surface area (Å²) in [4.78, 5) is 2.63. The Kier molecular flexibility index (Phi) is 8.96. The van der Waals surface area contributed by atoms with E-state index in [9.17, 15) is 8.42 Å². The molecule has 1 aromatic rings. The van der Waals surface area contributed by atoms with E-state index in [0.29, 0.717) is 13.1 Å². The molecule has 0 aromatic heterocycles. The van der Waals surface area contributed by atoms with Crippen LogP contribution in [0.4, 0.5) is 0 Å². The third-order valence-corrected chi connectivity index (χ3v) is 10.3. The van der Waals surface area contributed by atoms with Gasteiger partial charge in [-0.05, 0) is 119 Å². The van der Waals surface area contributed by atoms with Crippen LogP contribution < -0.4 is 4.72 Å². The molecule has 0 radical (unpaired) electrons. The normalized spacial score (nSPS) is 26.6. The molecule has 8 heteroatoms. The highest BCUT2D eigenvalue weighted by Crippen LogP contribution is 2.30. The predicted molar refractivity (Wildman–Crippen MR) is 135 cm³/mol. The molecule has 1 aromatic carbocycles. The van der Waals surface area contributed by atoms with Gasteiger partial charge in [0.25, 0.3) is 10.2 Å². The third-order valence-electron chi connectivity index (χ3n) is 7.64. The zero-order valence-electron chi connectivity index (χ0n) is 18.9. The summed E-state index contributed by atoms with van der Waals surface area (Å²) in [5, 5.41) is 0.819. The van der Waals surface area contributed by atoms with Crippen molar-refractivity contribution in [1.29, 1.82) is 0 Å². The Hall–Kier alpha value is -0.180. The van der Waals surface area contributed by atoms with E-state index in [-0.39, 0.29) is 6.04 Å². The molecule has 0 spiro atoms. The molecule has 5 nitrogen and oxygen atoms in total. The summed E-state index contributed by atoms with van der Waals surface area (Å²) >= 11 is 9.84. The highest BCUT2D eigenvalue weighted by Gasteiger charge is 2.30. The molecule has 0 amide bonds. The van der Waals surface area contributed by atoms with Crippen molar-refractivity contribution >= 4 is 37.7 Å². The van der Waals surface area contributed by atoms with Gasteiger partial charge in [-0.15, -0.1) is 0 Å². The first-order valence-corrected chi connectivity index (χ1v) is 14.9. The van der Waals surface area contributed by atoms with Crippen molar-refractivity contribution in [3.63, 3.8) is 0 Å². The van der Waals surface area contributed by atoms with Crippen LogP contribution in [0.25, 0.3) is 0 Å². The Morgan fingerprint density at radius 2 is 1.66 bits per heavy atom. The quantitative estimate of drug-likeness (QED) is 0.485. The maximum atomic E-state index is 12.5. The second-order valence-corrected chi connectivity index (χ2v) is 13.0. The van der Waals surface area contributed by atoms with E-state index in [2.05, 4.69) is 37.7 Å². The average Bonchev–Trinajstić information content (AvgIpc) is 3.33. The smallest absolute Gasteiger partial charge is 0.279 e. The largest absolute Gasteiger partial charge is 0.303 e. The van der Waals surface area contributed by atoms with Gasteiger partial charge in [0.15, 0.2) is 0 Å². The van der Waals surface area contributed by atoms with E-state index < -0.39 is 10.2 Å². The van der Waals surface area contributed by atoms with Crippen LogP contribution >= 0.6 is 27.5 Å². The Balaban J connectivity index is 1.13. The number of likely N-dealkylation sites (tertiary alicyclic amines) is 1. The van der Waals surface area contributed by atoms with E-state index in [4.69, 9.17) is 11.6 Å². The first-order chi connectivity index (χ1) is 15.4. The molecule has 180 valence electrons. The van der Waals surface area contributed by atoms with Gasteiger partial charge in [0.1, 0.15) is 0 Å². The Morgan fingerprint density at radius 3 is 2.34 bits per heavy atom.